The number of hydrogen-bond acceptors (Lipinski definition) is 4. The number of benzene rings is 2. The average Bonchev–Trinajstić information content (AvgIpc) is 3.75. The molecule has 2 aromatic carbocycles. The summed E-state index contributed by atoms with van der Waals surface area (Å²) in [5.74, 6) is 5.01. The lowest BCUT2D eigenvalue weighted by molar-refractivity contribution is 0.234. The highest BCUT2D eigenvalue weighted by molar-refractivity contribution is 5.43. The molecule has 4 nitrogen and oxygen atoms in total. The summed E-state index contributed by atoms with van der Waals surface area (Å²) in [6.07, 6.45) is 6.58. The third kappa shape index (κ3) is 10.3. The Morgan fingerprint density at radius 3 is 1.29 bits per heavy atom. The molecule has 0 spiro atoms. The molecule has 5 rings (SSSR count). The molecule has 2 unspecified atom stereocenters. The van der Waals surface area contributed by atoms with Crippen molar-refractivity contribution in [3.05, 3.63) is 57.6 Å². The van der Waals surface area contributed by atoms with Gasteiger partial charge in [0.15, 0.2) is 0 Å². The molecule has 0 amide bonds. The van der Waals surface area contributed by atoms with Gasteiger partial charge < -0.3 is 18.9 Å². The second-order valence-electron chi connectivity index (χ2n) is 12.3. The first-order valence-electron chi connectivity index (χ1n) is 14.7. The van der Waals surface area contributed by atoms with Crippen molar-refractivity contribution in [3.8, 4) is 11.5 Å². The third-order valence-electron chi connectivity index (χ3n) is 7.84. The van der Waals surface area contributed by atoms with E-state index in [0.717, 1.165) is 42.5 Å². The summed E-state index contributed by atoms with van der Waals surface area (Å²) in [5, 5.41) is 0. The SMILES string of the molecule is CC1CCC(C(C)C)CC1.Cc1cc(C)c(OCC2CO2)c(C)c1.Cc1cc(C)c(OCC2CO2)c(C)c1. The molecule has 0 N–H and O–H groups in total. The van der Waals surface area contributed by atoms with Gasteiger partial charge in [-0.15, -0.1) is 0 Å². The fourth-order valence-electron chi connectivity index (χ4n) is 5.42. The van der Waals surface area contributed by atoms with E-state index < -0.39 is 0 Å². The van der Waals surface area contributed by atoms with Gasteiger partial charge >= 0.3 is 0 Å². The zero-order chi connectivity index (χ0) is 27.8. The monoisotopic (exact) mass is 524 g/mol. The lowest BCUT2D eigenvalue weighted by Gasteiger charge is -2.28. The van der Waals surface area contributed by atoms with E-state index in [2.05, 4.69) is 86.6 Å². The second kappa shape index (κ2) is 14.4. The largest absolute Gasteiger partial charge is 0.490 e. The van der Waals surface area contributed by atoms with Crippen LogP contribution < -0.4 is 9.47 Å². The van der Waals surface area contributed by atoms with Gasteiger partial charge in [-0.2, -0.15) is 0 Å². The van der Waals surface area contributed by atoms with Crippen molar-refractivity contribution in [3.63, 3.8) is 0 Å². The Bertz CT molecular complexity index is 896. The standard InChI is InChI=1S/2C12H16O2.C10H20/c2*1-8-4-9(2)12(10(3)5-8)14-7-11-6-13-11;1-8(2)10-6-4-9(3)5-7-10/h2*4-5,11H,6-7H2,1-3H3;8-10H,4-7H2,1-3H3. The predicted molar refractivity (Wildman–Crippen MR) is 158 cm³/mol. The smallest absolute Gasteiger partial charge is 0.125 e. The van der Waals surface area contributed by atoms with Crippen LogP contribution in [0.25, 0.3) is 0 Å². The Hall–Kier alpha value is -2.04. The van der Waals surface area contributed by atoms with Gasteiger partial charge in [0.2, 0.25) is 0 Å². The van der Waals surface area contributed by atoms with Gasteiger partial charge in [-0.25, -0.2) is 0 Å². The number of hydrogen-bond donors (Lipinski definition) is 0. The van der Waals surface area contributed by atoms with E-state index in [1.807, 2.05) is 0 Å². The van der Waals surface area contributed by atoms with Crippen LogP contribution >= 0.6 is 0 Å². The maximum Gasteiger partial charge on any atom is 0.125 e. The van der Waals surface area contributed by atoms with E-state index in [1.165, 1.54) is 59.1 Å². The van der Waals surface area contributed by atoms with E-state index in [9.17, 15) is 0 Å². The van der Waals surface area contributed by atoms with Crippen LogP contribution in [0.15, 0.2) is 24.3 Å². The molecule has 3 aliphatic rings. The normalized spacial score (nSPS) is 23.5. The van der Waals surface area contributed by atoms with E-state index in [1.54, 1.807) is 0 Å². The van der Waals surface area contributed by atoms with Gasteiger partial charge in [-0.3, -0.25) is 0 Å². The summed E-state index contributed by atoms with van der Waals surface area (Å²) in [4.78, 5) is 0. The molecule has 2 saturated heterocycles. The quantitative estimate of drug-likeness (QED) is 0.342. The summed E-state index contributed by atoms with van der Waals surface area (Å²) < 4.78 is 21.7. The van der Waals surface area contributed by atoms with Gasteiger partial charge in [0, 0.05) is 0 Å². The molecular weight excluding hydrogens is 472 g/mol. The summed E-state index contributed by atoms with van der Waals surface area (Å²) in [7, 11) is 0. The van der Waals surface area contributed by atoms with Gasteiger partial charge in [-0.1, -0.05) is 69.0 Å². The Morgan fingerprint density at radius 1 is 0.658 bits per heavy atom. The third-order valence-corrected chi connectivity index (χ3v) is 7.84. The summed E-state index contributed by atoms with van der Waals surface area (Å²) in [5.41, 5.74) is 7.42. The van der Waals surface area contributed by atoms with Crippen LogP contribution in [0.2, 0.25) is 0 Å². The molecule has 1 aliphatic carbocycles. The topological polar surface area (TPSA) is 43.5 Å². The van der Waals surface area contributed by atoms with Crippen LogP contribution in [-0.2, 0) is 9.47 Å². The Labute approximate surface area is 232 Å². The number of rotatable bonds is 7. The van der Waals surface area contributed by atoms with Crippen molar-refractivity contribution in [1.82, 2.24) is 0 Å². The minimum Gasteiger partial charge on any atom is -0.490 e. The maximum absolute atomic E-state index is 5.72. The highest BCUT2D eigenvalue weighted by Gasteiger charge is 2.24. The molecule has 1 saturated carbocycles. The molecule has 0 bridgehead atoms. The summed E-state index contributed by atoms with van der Waals surface area (Å²) in [6.45, 7) is 22.7. The molecule has 0 aromatic heterocycles. The molecular formula is C34H52O4. The van der Waals surface area contributed by atoms with Crippen molar-refractivity contribution >= 4 is 0 Å². The van der Waals surface area contributed by atoms with Crippen LogP contribution in [0.5, 0.6) is 11.5 Å². The molecule has 4 heteroatoms. The highest BCUT2D eigenvalue weighted by atomic mass is 16.6. The van der Waals surface area contributed by atoms with Crippen LogP contribution in [-0.4, -0.2) is 38.6 Å². The molecule has 2 aromatic rings. The number of epoxide rings is 2. The number of ether oxygens (including phenoxy) is 4. The Kier molecular flexibility index (Phi) is 11.5. The molecule has 212 valence electrons. The number of aryl methyl sites for hydroxylation is 6. The van der Waals surface area contributed by atoms with Crippen LogP contribution in [0, 0.1) is 59.3 Å². The highest BCUT2D eigenvalue weighted by Crippen LogP contribution is 2.32. The van der Waals surface area contributed by atoms with E-state index in [-0.39, 0.29) is 0 Å². The zero-order valence-electron chi connectivity index (χ0n) is 25.5. The van der Waals surface area contributed by atoms with Gasteiger partial charge in [0.1, 0.15) is 36.9 Å². The predicted octanol–water partition coefficient (Wildman–Crippen LogP) is 8.25. The lowest BCUT2D eigenvalue weighted by Crippen LogP contribution is -2.16. The van der Waals surface area contributed by atoms with E-state index in [4.69, 9.17) is 18.9 Å². The minimum absolute atomic E-state index is 0.329. The van der Waals surface area contributed by atoms with Crippen molar-refractivity contribution in [2.45, 2.75) is 100 Å². The van der Waals surface area contributed by atoms with Crippen LogP contribution in [0.1, 0.15) is 79.8 Å². The van der Waals surface area contributed by atoms with Crippen molar-refractivity contribution in [1.29, 1.82) is 0 Å². The first-order valence-corrected chi connectivity index (χ1v) is 14.7. The Morgan fingerprint density at radius 2 is 1.00 bits per heavy atom. The fourth-order valence-corrected chi connectivity index (χ4v) is 5.42. The molecule has 0 radical (unpaired) electrons. The van der Waals surface area contributed by atoms with E-state index >= 15 is 0 Å². The molecule has 2 atom stereocenters. The maximum atomic E-state index is 5.72. The lowest BCUT2D eigenvalue weighted by atomic mass is 9.78. The van der Waals surface area contributed by atoms with Crippen molar-refractivity contribution < 1.29 is 18.9 Å². The average molecular weight is 525 g/mol. The van der Waals surface area contributed by atoms with Gasteiger partial charge in [-0.05, 0) is 94.4 Å². The fraction of sp³-hybridized carbons (Fsp3) is 0.647. The van der Waals surface area contributed by atoms with E-state index in [0.29, 0.717) is 25.4 Å². The zero-order valence-corrected chi connectivity index (χ0v) is 25.5. The molecule has 38 heavy (non-hydrogen) atoms. The minimum atomic E-state index is 0.329. The Balaban J connectivity index is 0.000000161. The van der Waals surface area contributed by atoms with Crippen LogP contribution in [0.3, 0.4) is 0 Å². The first kappa shape index (κ1) is 30.5. The second-order valence-corrected chi connectivity index (χ2v) is 12.3. The van der Waals surface area contributed by atoms with Gasteiger partial charge in [0.05, 0.1) is 13.2 Å². The first-order chi connectivity index (χ1) is 18.0. The summed E-state index contributed by atoms with van der Waals surface area (Å²) in [6, 6.07) is 8.60. The summed E-state index contributed by atoms with van der Waals surface area (Å²) >= 11 is 0. The van der Waals surface area contributed by atoms with Crippen molar-refractivity contribution in [2.24, 2.45) is 17.8 Å². The molecule has 2 heterocycles. The van der Waals surface area contributed by atoms with Gasteiger partial charge in [0.25, 0.3) is 0 Å². The van der Waals surface area contributed by atoms with Crippen LogP contribution in [0.4, 0.5) is 0 Å². The molecule has 3 fully saturated rings. The van der Waals surface area contributed by atoms with Crippen molar-refractivity contribution in [2.75, 3.05) is 26.4 Å². The molecule has 2 aliphatic heterocycles.